The molecule has 1 unspecified atom stereocenters. The second-order valence-electron chi connectivity index (χ2n) is 4.14. The summed E-state index contributed by atoms with van der Waals surface area (Å²) in [6.07, 6.45) is 0. The van der Waals surface area contributed by atoms with Gasteiger partial charge in [-0.2, -0.15) is 0 Å². The Morgan fingerprint density at radius 2 is 1.68 bits per heavy atom. The van der Waals surface area contributed by atoms with Gasteiger partial charge < -0.3 is 31.0 Å². The minimum absolute atomic E-state index is 0.0600. The van der Waals surface area contributed by atoms with Crippen molar-refractivity contribution in [1.29, 1.82) is 0 Å². The molecular weight excluding hydrogens is 246 g/mol. The van der Waals surface area contributed by atoms with Crippen LogP contribution < -0.4 is 31.0 Å². The van der Waals surface area contributed by atoms with Crippen molar-refractivity contribution in [1.82, 2.24) is 5.32 Å². The molecule has 1 aromatic carbocycles. The molecule has 0 radical (unpaired) electrons. The van der Waals surface area contributed by atoms with Crippen LogP contribution in [0.15, 0.2) is 12.1 Å². The molecular formula is C13H23N3O3. The first-order chi connectivity index (χ1) is 9.15. The van der Waals surface area contributed by atoms with Crippen LogP contribution in [-0.4, -0.2) is 40.5 Å². The number of ether oxygens (including phenoxy) is 3. The third-order valence-electron chi connectivity index (χ3n) is 2.83. The van der Waals surface area contributed by atoms with E-state index in [1.54, 1.807) is 21.3 Å². The van der Waals surface area contributed by atoms with Gasteiger partial charge in [0, 0.05) is 37.8 Å². The number of rotatable bonds is 8. The van der Waals surface area contributed by atoms with Gasteiger partial charge in [0.25, 0.3) is 0 Å². The van der Waals surface area contributed by atoms with Gasteiger partial charge in [0.05, 0.1) is 26.9 Å². The summed E-state index contributed by atoms with van der Waals surface area (Å²) in [6.45, 7) is 1.67. The molecule has 0 fully saturated rings. The number of benzene rings is 1. The summed E-state index contributed by atoms with van der Waals surface area (Å²) in [6, 6.07) is 3.58. The summed E-state index contributed by atoms with van der Waals surface area (Å²) in [5, 5.41) is 3.23. The van der Waals surface area contributed by atoms with Crippen LogP contribution in [-0.2, 0) is 6.54 Å². The van der Waals surface area contributed by atoms with E-state index in [1.165, 1.54) is 0 Å². The van der Waals surface area contributed by atoms with Crippen molar-refractivity contribution in [3.05, 3.63) is 17.7 Å². The Balaban J connectivity index is 2.85. The van der Waals surface area contributed by atoms with Gasteiger partial charge >= 0.3 is 0 Å². The lowest BCUT2D eigenvalue weighted by Gasteiger charge is -2.16. The molecule has 1 aromatic rings. The monoisotopic (exact) mass is 269 g/mol. The average molecular weight is 269 g/mol. The second kappa shape index (κ2) is 7.83. The first kappa shape index (κ1) is 15.6. The Labute approximate surface area is 114 Å². The van der Waals surface area contributed by atoms with Gasteiger partial charge in [-0.3, -0.25) is 0 Å². The van der Waals surface area contributed by atoms with E-state index < -0.39 is 0 Å². The molecule has 0 spiro atoms. The van der Waals surface area contributed by atoms with Crippen LogP contribution in [0.2, 0.25) is 0 Å². The van der Waals surface area contributed by atoms with Gasteiger partial charge in [-0.15, -0.1) is 0 Å². The predicted octanol–water partition coefficient (Wildman–Crippen LogP) is 0.0880. The Kier molecular flexibility index (Phi) is 6.41. The third-order valence-corrected chi connectivity index (χ3v) is 2.83. The standard InChI is InChI=1S/C13H23N3O3/c1-17-10-4-12(18-2)11(13(5-10)19-3)8-16-7-9(15)6-14/h4-5,9,16H,6-8,14-15H2,1-3H3. The van der Waals surface area contributed by atoms with Crippen LogP contribution in [0.25, 0.3) is 0 Å². The lowest BCUT2D eigenvalue weighted by molar-refractivity contribution is 0.366. The molecule has 5 N–H and O–H groups in total. The van der Waals surface area contributed by atoms with Crippen LogP contribution in [0.3, 0.4) is 0 Å². The normalized spacial score (nSPS) is 12.1. The SMILES string of the molecule is COc1cc(OC)c(CNCC(N)CN)c(OC)c1. The highest BCUT2D eigenvalue weighted by atomic mass is 16.5. The molecule has 0 saturated carbocycles. The zero-order chi connectivity index (χ0) is 14.3. The molecule has 0 aliphatic rings. The fourth-order valence-corrected chi connectivity index (χ4v) is 1.72. The number of methoxy groups -OCH3 is 3. The fraction of sp³-hybridized carbons (Fsp3) is 0.538. The molecule has 6 nitrogen and oxygen atoms in total. The molecule has 0 saturated heterocycles. The first-order valence-electron chi connectivity index (χ1n) is 6.11. The van der Waals surface area contributed by atoms with E-state index in [4.69, 9.17) is 25.7 Å². The summed E-state index contributed by atoms with van der Waals surface area (Å²) in [5.41, 5.74) is 12.2. The highest BCUT2D eigenvalue weighted by Crippen LogP contribution is 2.33. The highest BCUT2D eigenvalue weighted by Gasteiger charge is 2.13. The lowest BCUT2D eigenvalue weighted by atomic mass is 10.1. The minimum Gasteiger partial charge on any atom is -0.496 e. The van der Waals surface area contributed by atoms with Crippen molar-refractivity contribution in [3.63, 3.8) is 0 Å². The maximum absolute atomic E-state index is 5.75. The third kappa shape index (κ3) is 4.27. The quantitative estimate of drug-likeness (QED) is 0.619. The molecule has 19 heavy (non-hydrogen) atoms. The van der Waals surface area contributed by atoms with Crippen LogP contribution >= 0.6 is 0 Å². The van der Waals surface area contributed by atoms with Crippen LogP contribution in [0.5, 0.6) is 17.2 Å². The van der Waals surface area contributed by atoms with Gasteiger partial charge in [-0.05, 0) is 0 Å². The second-order valence-corrected chi connectivity index (χ2v) is 4.14. The van der Waals surface area contributed by atoms with Crippen molar-refractivity contribution in [2.24, 2.45) is 11.5 Å². The van der Waals surface area contributed by atoms with E-state index in [2.05, 4.69) is 5.32 Å². The van der Waals surface area contributed by atoms with Crippen molar-refractivity contribution in [2.45, 2.75) is 12.6 Å². The summed E-state index contributed by atoms with van der Waals surface area (Å²) in [5.74, 6) is 2.12. The van der Waals surface area contributed by atoms with Gasteiger partial charge in [-0.1, -0.05) is 0 Å². The molecule has 0 aliphatic carbocycles. The van der Waals surface area contributed by atoms with E-state index >= 15 is 0 Å². The Morgan fingerprint density at radius 3 is 2.11 bits per heavy atom. The maximum atomic E-state index is 5.75. The Hall–Kier alpha value is -1.50. The average Bonchev–Trinajstić information content (AvgIpc) is 2.46. The highest BCUT2D eigenvalue weighted by molar-refractivity contribution is 5.50. The minimum atomic E-state index is -0.0600. The van der Waals surface area contributed by atoms with Crippen molar-refractivity contribution >= 4 is 0 Å². The molecule has 0 amide bonds. The van der Waals surface area contributed by atoms with Crippen molar-refractivity contribution < 1.29 is 14.2 Å². The number of hydrogen-bond donors (Lipinski definition) is 3. The summed E-state index contributed by atoms with van der Waals surface area (Å²) < 4.78 is 15.9. The Morgan fingerprint density at radius 1 is 1.11 bits per heavy atom. The Bertz CT molecular complexity index is 374. The molecule has 1 atom stereocenters. The van der Waals surface area contributed by atoms with E-state index in [0.717, 1.165) is 5.56 Å². The number of nitrogens with two attached hydrogens (primary N) is 2. The molecule has 0 heterocycles. The lowest BCUT2D eigenvalue weighted by Crippen LogP contribution is -2.39. The number of nitrogens with one attached hydrogen (secondary N) is 1. The van der Waals surface area contributed by atoms with E-state index in [1.807, 2.05) is 12.1 Å². The summed E-state index contributed by atoms with van der Waals surface area (Å²) in [7, 11) is 4.83. The van der Waals surface area contributed by atoms with E-state index in [0.29, 0.717) is 36.9 Å². The zero-order valence-electron chi connectivity index (χ0n) is 11.7. The zero-order valence-corrected chi connectivity index (χ0v) is 11.7. The molecule has 0 aromatic heterocycles. The molecule has 6 heteroatoms. The van der Waals surface area contributed by atoms with Gasteiger partial charge in [0.1, 0.15) is 17.2 Å². The fourth-order valence-electron chi connectivity index (χ4n) is 1.72. The first-order valence-corrected chi connectivity index (χ1v) is 6.11. The van der Waals surface area contributed by atoms with Crippen LogP contribution in [0.1, 0.15) is 5.56 Å². The van der Waals surface area contributed by atoms with Gasteiger partial charge in [0.2, 0.25) is 0 Å². The van der Waals surface area contributed by atoms with Crippen LogP contribution in [0, 0.1) is 0 Å². The molecule has 1 rings (SSSR count). The number of hydrogen-bond acceptors (Lipinski definition) is 6. The van der Waals surface area contributed by atoms with Crippen molar-refractivity contribution in [3.8, 4) is 17.2 Å². The maximum Gasteiger partial charge on any atom is 0.130 e. The van der Waals surface area contributed by atoms with E-state index in [-0.39, 0.29) is 6.04 Å². The van der Waals surface area contributed by atoms with Crippen molar-refractivity contribution in [2.75, 3.05) is 34.4 Å². The van der Waals surface area contributed by atoms with Gasteiger partial charge in [0.15, 0.2) is 0 Å². The molecule has 0 bridgehead atoms. The van der Waals surface area contributed by atoms with E-state index in [9.17, 15) is 0 Å². The molecule has 0 aliphatic heterocycles. The summed E-state index contributed by atoms with van der Waals surface area (Å²) >= 11 is 0. The topological polar surface area (TPSA) is 91.8 Å². The van der Waals surface area contributed by atoms with Gasteiger partial charge in [-0.25, -0.2) is 0 Å². The van der Waals surface area contributed by atoms with Crippen LogP contribution in [0.4, 0.5) is 0 Å². The molecule has 108 valence electrons. The largest absolute Gasteiger partial charge is 0.496 e. The smallest absolute Gasteiger partial charge is 0.130 e. The predicted molar refractivity (Wildman–Crippen MR) is 74.8 cm³/mol. The summed E-state index contributed by atoms with van der Waals surface area (Å²) in [4.78, 5) is 0.